The second kappa shape index (κ2) is 9.34. The molecule has 0 amide bonds. The van der Waals surface area contributed by atoms with E-state index in [0.717, 1.165) is 19.1 Å². The zero-order valence-corrected chi connectivity index (χ0v) is 18.9. The van der Waals surface area contributed by atoms with Crippen molar-refractivity contribution < 1.29 is 74.9 Å². The van der Waals surface area contributed by atoms with Crippen molar-refractivity contribution in [3.05, 3.63) is 41.7 Å². The summed E-state index contributed by atoms with van der Waals surface area (Å²) >= 11 is 0. The van der Waals surface area contributed by atoms with Crippen LogP contribution in [0.2, 0.25) is 0 Å². The lowest BCUT2D eigenvalue weighted by atomic mass is 9.90. The first-order chi connectivity index (χ1) is 16.8. The molecule has 1 aliphatic rings. The van der Waals surface area contributed by atoms with Crippen molar-refractivity contribution in [2.75, 3.05) is 6.61 Å². The van der Waals surface area contributed by atoms with Gasteiger partial charge >= 0.3 is 49.2 Å². The maximum atomic E-state index is 14.7. The SMILES string of the molecule is CCOP1(=O)C=C(c2ccccc2)NC(C(F)(F)C(F)(F)C(F)(F)C(F)(F)C(F)(F)C(F)(F)C(F)(F)F)=N1. The average molecular weight is 604 g/mol. The Balaban J connectivity index is 2.68. The van der Waals surface area contributed by atoms with Gasteiger partial charge in [-0.1, -0.05) is 30.3 Å². The normalized spacial score (nSPS) is 20.5. The minimum atomic E-state index is -8.46. The van der Waals surface area contributed by atoms with E-state index in [1.54, 1.807) is 0 Å². The van der Waals surface area contributed by atoms with Crippen molar-refractivity contribution >= 4 is 19.1 Å². The summed E-state index contributed by atoms with van der Waals surface area (Å²) in [7, 11) is -5.03. The van der Waals surface area contributed by atoms with Crippen LogP contribution in [0.3, 0.4) is 0 Å². The Morgan fingerprint density at radius 3 is 1.63 bits per heavy atom. The van der Waals surface area contributed by atoms with Crippen LogP contribution in [0, 0.1) is 0 Å². The lowest BCUT2D eigenvalue weighted by Gasteiger charge is -2.42. The molecule has 20 heteroatoms. The van der Waals surface area contributed by atoms with Crippen LogP contribution in [0.15, 0.2) is 40.9 Å². The third-order valence-electron chi connectivity index (χ3n) is 4.81. The first-order valence-electron chi connectivity index (χ1n) is 9.58. The highest BCUT2D eigenvalue weighted by atomic mass is 31.2. The fraction of sp³-hybridized carbons (Fsp3) is 0.500. The first-order valence-corrected chi connectivity index (χ1v) is 11.2. The van der Waals surface area contributed by atoms with Gasteiger partial charge in [0, 0.05) is 5.82 Å². The fourth-order valence-electron chi connectivity index (χ4n) is 2.79. The molecule has 0 saturated heterocycles. The van der Waals surface area contributed by atoms with Crippen molar-refractivity contribution in [1.82, 2.24) is 5.32 Å². The number of nitrogens with one attached hydrogen (secondary N) is 1. The van der Waals surface area contributed by atoms with Crippen LogP contribution in [0.5, 0.6) is 0 Å². The summed E-state index contributed by atoms with van der Waals surface area (Å²) in [6.45, 7) is 0.416. The lowest BCUT2D eigenvalue weighted by molar-refractivity contribution is -0.448. The van der Waals surface area contributed by atoms with E-state index in [-0.39, 0.29) is 5.56 Å². The van der Waals surface area contributed by atoms with E-state index in [9.17, 15) is 70.4 Å². The average Bonchev–Trinajstić information content (AvgIpc) is 2.77. The summed E-state index contributed by atoms with van der Waals surface area (Å²) in [6.07, 6.45) is -7.71. The maximum Gasteiger partial charge on any atom is 0.460 e. The summed E-state index contributed by atoms with van der Waals surface area (Å²) in [5.41, 5.74) is -1.15. The van der Waals surface area contributed by atoms with Crippen molar-refractivity contribution in [2.24, 2.45) is 4.76 Å². The molecule has 1 aromatic rings. The molecule has 216 valence electrons. The highest BCUT2D eigenvalue weighted by molar-refractivity contribution is 7.61. The van der Waals surface area contributed by atoms with E-state index < -0.39 is 67.4 Å². The van der Waals surface area contributed by atoms with Gasteiger partial charge in [0.2, 0.25) is 0 Å². The third-order valence-corrected chi connectivity index (χ3v) is 6.50. The Bertz CT molecular complexity index is 1150. The van der Waals surface area contributed by atoms with E-state index >= 15 is 0 Å². The predicted octanol–water partition coefficient (Wildman–Crippen LogP) is 7.59. The molecule has 0 radical (unpaired) electrons. The number of nitrogens with zero attached hydrogens (tertiary/aromatic N) is 1. The number of rotatable bonds is 9. The third kappa shape index (κ3) is 4.64. The first kappa shape index (κ1) is 31.8. The number of halogens is 15. The maximum absolute atomic E-state index is 14.7. The minimum Gasteiger partial charge on any atom is -0.338 e. The molecule has 1 N–H and O–H groups in total. The molecule has 1 aliphatic heterocycles. The van der Waals surface area contributed by atoms with Gasteiger partial charge in [0.25, 0.3) is 0 Å². The molecule has 1 aromatic carbocycles. The minimum absolute atomic E-state index is 0.285. The smallest absolute Gasteiger partial charge is 0.338 e. The summed E-state index contributed by atoms with van der Waals surface area (Å²) < 4.78 is 223. The second-order valence-electron chi connectivity index (χ2n) is 7.41. The van der Waals surface area contributed by atoms with Gasteiger partial charge in [0.05, 0.1) is 12.3 Å². The van der Waals surface area contributed by atoms with Gasteiger partial charge < -0.3 is 9.84 Å². The van der Waals surface area contributed by atoms with Crippen molar-refractivity contribution in [2.45, 2.75) is 48.6 Å². The molecule has 0 aliphatic carbocycles. The molecule has 1 unspecified atom stereocenters. The number of hydrogen-bond donors (Lipinski definition) is 1. The largest absolute Gasteiger partial charge is 0.460 e. The molecule has 0 bridgehead atoms. The standard InChI is InChI=1S/C18H12F15N2O2P/c1-2-37-38(36)8-10(9-6-4-3-5-7-9)34-11(35-38)12(19,20)13(21,22)14(23,24)15(25,26)16(27,28)17(29,30)18(31,32)33/h3-8H,2H2,1H3,(H,34,35,36). The van der Waals surface area contributed by atoms with Crippen LogP contribution < -0.4 is 5.32 Å². The topological polar surface area (TPSA) is 50.7 Å². The molecular formula is C18H12F15N2O2P. The van der Waals surface area contributed by atoms with Crippen molar-refractivity contribution in [1.29, 1.82) is 0 Å². The summed E-state index contributed by atoms with van der Waals surface area (Å²) in [6, 6.07) is 5.79. The Morgan fingerprint density at radius 2 is 1.18 bits per heavy atom. The second-order valence-corrected chi connectivity index (χ2v) is 9.25. The van der Waals surface area contributed by atoms with Gasteiger partial charge in [-0.05, 0) is 12.5 Å². The molecule has 0 spiro atoms. The highest BCUT2D eigenvalue weighted by Gasteiger charge is 2.93. The monoisotopic (exact) mass is 604 g/mol. The van der Waals surface area contributed by atoms with Crippen LogP contribution in [0.4, 0.5) is 65.9 Å². The number of benzene rings is 1. The molecule has 4 nitrogen and oxygen atoms in total. The van der Waals surface area contributed by atoms with E-state index in [0.29, 0.717) is 5.82 Å². The van der Waals surface area contributed by atoms with E-state index in [1.165, 1.54) is 23.5 Å². The summed E-state index contributed by atoms with van der Waals surface area (Å²) in [5.74, 6) is -50.4. The molecule has 1 atom stereocenters. The van der Waals surface area contributed by atoms with Gasteiger partial charge in [-0.15, -0.1) is 0 Å². The number of amidine groups is 1. The molecule has 0 saturated carbocycles. The van der Waals surface area contributed by atoms with Gasteiger partial charge in [-0.25, -0.2) is 0 Å². The van der Waals surface area contributed by atoms with Gasteiger partial charge in [0.15, 0.2) is 5.84 Å². The number of alkyl halides is 15. The van der Waals surface area contributed by atoms with Crippen LogP contribution in [-0.2, 0) is 9.09 Å². The van der Waals surface area contributed by atoms with Crippen molar-refractivity contribution in [3.8, 4) is 0 Å². The molecule has 0 fully saturated rings. The van der Waals surface area contributed by atoms with Crippen molar-refractivity contribution in [3.63, 3.8) is 0 Å². The Morgan fingerprint density at radius 1 is 0.737 bits per heavy atom. The molecule has 38 heavy (non-hydrogen) atoms. The molecule has 2 rings (SSSR count). The highest BCUT2D eigenvalue weighted by Crippen LogP contribution is 2.63. The summed E-state index contributed by atoms with van der Waals surface area (Å²) in [4.78, 5) is 0. The zero-order chi connectivity index (χ0) is 29.8. The van der Waals surface area contributed by atoms with Crippen LogP contribution >= 0.6 is 7.52 Å². The lowest BCUT2D eigenvalue weighted by Crippen LogP contribution is -2.74. The summed E-state index contributed by atoms with van der Waals surface area (Å²) in [5, 5.41) is 1.28. The predicted molar refractivity (Wildman–Crippen MR) is 100.0 cm³/mol. The van der Waals surface area contributed by atoms with E-state index in [2.05, 4.69) is 9.29 Å². The van der Waals surface area contributed by atoms with E-state index in [4.69, 9.17) is 0 Å². The van der Waals surface area contributed by atoms with Crippen LogP contribution in [-0.4, -0.2) is 54.2 Å². The number of hydrogen-bond acceptors (Lipinski definition) is 3. The van der Waals surface area contributed by atoms with Gasteiger partial charge in [-0.2, -0.15) is 70.6 Å². The van der Waals surface area contributed by atoms with Gasteiger partial charge in [0.1, 0.15) is 0 Å². The van der Waals surface area contributed by atoms with Crippen LogP contribution in [0.1, 0.15) is 12.5 Å². The Hall–Kier alpha value is -2.43. The zero-order valence-electron chi connectivity index (χ0n) is 18.1. The molecule has 0 aromatic heterocycles. The Labute approximate surface area is 202 Å². The fourth-order valence-corrected chi connectivity index (χ4v) is 4.34. The Kier molecular flexibility index (Phi) is 7.82. The van der Waals surface area contributed by atoms with E-state index in [1.807, 2.05) is 0 Å². The van der Waals surface area contributed by atoms with Crippen LogP contribution in [0.25, 0.3) is 5.70 Å². The van der Waals surface area contributed by atoms with Gasteiger partial charge in [-0.3, -0.25) is 4.57 Å². The quantitative estimate of drug-likeness (QED) is 0.234. The molecule has 1 heterocycles. The molecular weight excluding hydrogens is 592 g/mol.